The lowest BCUT2D eigenvalue weighted by molar-refractivity contribution is -0.124. The van der Waals surface area contributed by atoms with E-state index in [-0.39, 0.29) is 24.0 Å². The Kier molecular flexibility index (Phi) is 5.78. The largest absolute Gasteiger partial charge is 0.329 e. The number of hydrogen-bond donors (Lipinski definition) is 1. The molecule has 1 aliphatic rings. The van der Waals surface area contributed by atoms with Crippen molar-refractivity contribution in [3.8, 4) is 5.69 Å². The van der Waals surface area contributed by atoms with Gasteiger partial charge < -0.3 is 5.32 Å². The van der Waals surface area contributed by atoms with E-state index in [2.05, 4.69) is 5.32 Å². The van der Waals surface area contributed by atoms with Crippen LogP contribution in [0.25, 0.3) is 16.6 Å². The summed E-state index contributed by atoms with van der Waals surface area (Å²) in [7, 11) is 0. The number of fused-ring (bicyclic) bond motifs is 1. The Morgan fingerprint density at radius 2 is 1.97 bits per heavy atom. The van der Waals surface area contributed by atoms with Gasteiger partial charge >= 0.3 is 6.03 Å². The zero-order valence-electron chi connectivity index (χ0n) is 16.2. The molecule has 0 unspecified atom stereocenters. The molecule has 0 saturated carbocycles. The summed E-state index contributed by atoms with van der Waals surface area (Å²) in [6.07, 6.45) is 0.584. The molecule has 3 aromatic rings. The number of halogens is 1. The second-order valence-corrected chi connectivity index (χ2v) is 8.39. The molecule has 0 atom stereocenters. The third-order valence-electron chi connectivity index (χ3n) is 4.85. The van der Waals surface area contributed by atoms with Gasteiger partial charge in [0.2, 0.25) is 5.91 Å². The van der Waals surface area contributed by atoms with Crippen LogP contribution in [0.5, 0.6) is 0 Å². The molecule has 0 bridgehead atoms. The molecule has 2 heterocycles. The minimum atomic E-state index is -0.361. The molecule has 154 valence electrons. The van der Waals surface area contributed by atoms with Crippen LogP contribution in [0.2, 0.25) is 5.02 Å². The molecule has 1 N–H and O–H groups in total. The van der Waals surface area contributed by atoms with E-state index in [1.165, 1.54) is 16.7 Å². The Hall–Kier alpha value is -2.84. The minimum Gasteiger partial charge on any atom is -0.329 e. The van der Waals surface area contributed by atoms with Gasteiger partial charge in [0, 0.05) is 17.3 Å². The molecule has 0 aliphatic carbocycles. The summed E-state index contributed by atoms with van der Waals surface area (Å²) in [6, 6.07) is 12.3. The van der Waals surface area contributed by atoms with Gasteiger partial charge in [-0.25, -0.2) is 9.78 Å². The monoisotopic (exact) mass is 442 g/mol. The van der Waals surface area contributed by atoms with Crippen molar-refractivity contribution in [3.63, 3.8) is 0 Å². The van der Waals surface area contributed by atoms with E-state index >= 15 is 0 Å². The average Bonchev–Trinajstić information content (AvgIpc) is 3.04. The number of carbonyl (C=O) groups is 2. The van der Waals surface area contributed by atoms with E-state index < -0.39 is 0 Å². The maximum atomic E-state index is 13.3. The predicted molar refractivity (Wildman–Crippen MR) is 118 cm³/mol. The molecule has 1 saturated heterocycles. The number of para-hydroxylation sites is 1. The second-order valence-electron chi connectivity index (χ2n) is 6.89. The molecule has 7 nitrogen and oxygen atoms in total. The van der Waals surface area contributed by atoms with E-state index in [0.29, 0.717) is 39.8 Å². The lowest BCUT2D eigenvalue weighted by atomic mass is 10.2. The van der Waals surface area contributed by atoms with Crippen molar-refractivity contribution in [2.24, 2.45) is 0 Å². The lowest BCUT2D eigenvalue weighted by Crippen LogP contribution is -2.32. The fourth-order valence-corrected chi connectivity index (χ4v) is 4.43. The van der Waals surface area contributed by atoms with Crippen LogP contribution in [-0.4, -0.2) is 45.2 Å². The standard InChI is InChI=1S/C21H19ClN4O3S/c1-13-5-2-3-6-17(13)26-19(28)15-8-7-14(22)11-16(15)24-21(26)30-10-4-9-25-18(27)12-23-20(25)29/h2-3,5-8,11H,4,9-10,12H2,1H3,(H,23,29). The molecule has 0 spiro atoms. The van der Waals surface area contributed by atoms with Crippen LogP contribution in [0, 0.1) is 6.92 Å². The number of aryl methyl sites for hydroxylation is 1. The number of carbonyl (C=O) groups excluding carboxylic acids is 2. The van der Waals surface area contributed by atoms with Gasteiger partial charge in [0.15, 0.2) is 5.16 Å². The van der Waals surface area contributed by atoms with Crippen LogP contribution in [0.4, 0.5) is 4.79 Å². The first kappa shape index (κ1) is 20.4. The number of aromatic nitrogens is 2. The molecule has 9 heteroatoms. The minimum absolute atomic E-state index is 0.0474. The molecule has 3 amide bonds. The third kappa shape index (κ3) is 3.93. The number of nitrogens with zero attached hydrogens (tertiary/aromatic N) is 3. The van der Waals surface area contributed by atoms with Crippen LogP contribution in [0.15, 0.2) is 52.4 Å². The highest BCUT2D eigenvalue weighted by atomic mass is 35.5. The first-order valence-electron chi connectivity index (χ1n) is 9.45. The van der Waals surface area contributed by atoms with Crippen molar-refractivity contribution in [2.45, 2.75) is 18.5 Å². The van der Waals surface area contributed by atoms with Crippen molar-refractivity contribution < 1.29 is 9.59 Å². The van der Waals surface area contributed by atoms with Crippen molar-refractivity contribution in [1.29, 1.82) is 0 Å². The number of nitrogens with one attached hydrogen (secondary N) is 1. The zero-order valence-corrected chi connectivity index (χ0v) is 17.8. The SMILES string of the molecule is Cc1ccccc1-n1c(SCCCN2C(=O)CNC2=O)nc2cc(Cl)ccc2c1=O. The smallest absolute Gasteiger partial charge is 0.324 e. The Bertz CT molecular complexity index is 1190. The summed E-state index contributed by atoms with van der Waals surface area (Å²) in [5, 5.41) is 4.05. The quantitative estimate of drug-likeness (QED) is 0.274. The number of urea groups is 1. The number of thioether (sulfide) groups is 1. The molecule has 2 aromatic carbocycles. The summed E-state index contributed by atoms with van der Waals surface area (Å²) >= 11 is 7.51. The summed E-state index contributed by atoms with van der Waals surface area (Å²) in [5.41, 5.74) is 2.09. The summed E-state index contributed by atoms with van der Waals surface area (Å²) in [5.74, 6) is 0.363. The van der Waals surface area contributed by atoms with Crippen LogP contribution < -0.4 is 10.9 Å². The van der Waals surface area contributed by atoms with E-state index in [0.717, 1.165) is 11.3 Å². The number of rotatable bonds is 6. The Labute approximate surface area is 182 Å². The summed E-state index contributed by atoms with van der Waals surface area (Å²) < 4.78 is 1.62. The zero-order chi connectivity index (χ0) is 21.3. The molecule has 30 heavy (non-hydrogen) atoms. The third-order valence-corrected chi connectivity index (χ3v) is 6.11. The highest BCUT2D eigenvalue weighted by Gasteiger charge is 2.27. The van der Waals surface area contributed by atoms with Gasteiger partial charge in [-0.2, -0.15) is 0 Å². The van der Waals surface area contributed by atoms with Crippen molar-refractivity contribution >= 4 is 46.2 Å². The normalized spacial score (nSPS) is 13.9. The van der Waals surface area contributed by atoms with Gasteiger partial charge in [0.1, 0.15) is 0 Å². The van der Waals surface area contributed by atoms with Crippen LogP contribution in [-0.2, 0) is 4.79 Å². The van der Waals surface area contributed by atoms with E-state index in [4.69, 9.17) is 16.6 Å². The molecule has 1 aliphatic heterocycles. The molecule has 1 aromatic heterocycles. The first-order chi connectivity index (χ1) is 14.5. The average molecular weight is 443 g/mol. The van der Waals surface area contributed by atoms with Gasteiger partial charge in [-0.3, -0.25) is 19.1 Å². The topological polar surface area (TPSA) is 84.3 Å². The van der Waals surface area contributed by atoms with Crippen molar-refractivity contribution in [2.75, 3.05) is 18.8 Å². The lowest BCUT2D eigenvalue weighted by Gasteiger charge is -2.16. The van der Waals surface area contributed by atoms with E-state index in [9.17, 15) is 14.4 Å². The van der Waals surface area contributed by atoms with Crippen molar-refractivity contribution in [3.05, 3.63) is 63.4 Å². The highest BCUT2D eigenvalue weighted by molar-refractivity contribution is 7.99. The molecule has 0 radical (unpaired) electrons. The van der Waals surface area contributed by atoms with Crippen LogP contribution >= 0.6 is 23.4 Å². The Morgan fingerprint density at radius 3 is 2.70 bits per heavy atom. The molecule has 4 rings (SSSR count). The van der Waals surface area contributed by atoms with Gasteiger partial charge in [-0.05, 0) is 43.2 Å². The fourth-order valence-electron chi connectivity index (χ4n) is 3.33. The predicted octanol–water partition coefficient (Wildman–Crippen LogP) is 3.38. The maximum Gasteiger partial charge on any atom is 0.324 e. The number of imide groups is 1. The molecular weight excluding hydrogens is 424 g/mol. The number of benzene rings is 2. The van der Waals surface area contributed by atoms with Crippen LogP contribution in [0.1, 0.15) is 12.0 Å². The van der Waals surface area contributed by atoms with Gasteiger partial charge in [0.05, 0.1) is 23.1 Å². The van der Waals surface area contributed by atoms with Gasteiger partial charge in [-0.1, -0.05) is 41.6 Å². The maximum absolute atomic E-state index is 13.3. The fraction of sp³-hybridized carbons (Fsp3) is 0.238. The highest BCUT2D eigenvalue weighted by Crippen LogP contribution is 2.25. The van der Waals surface area contributed by atoms with Gasteiger partial charge in [-0.15, -0.1) is 0 Å². The Morgan fingerprint density at radius 1 is 1.17 bits per heavy atom. The number of amides is 3. The number of hydrogen-bond acceptors (Lipinski definition) is 5. The van der Waals surface area contributed by atoms with E-state index in [1.807, 2.05) is 31.2 Å². The summed E-state index contributed by atoms with van der Waals surface area (Å²) in [4.78, 5) is 42.6. The first-order valence-corrected chi connectivity index (χ1v) is 10.8. The molecular formula is C21H19ClN4O3S. The van der Waals surface area contributed by atoms with Gasteiger partial charge in [0.25, 0.3) is 5.56 Å². The van der Waals surface area contributed by atoms with Crippen molar-refractivity contribution in [1.82, 2.24) is 19.8 Å². The van der Waals surface area contributed by atoms with Crippen LogP contribution in [0.3, 0.4) is 0 Å². The second kappa shape index (κ2) is 8.49. The molecule has 1 fully saturated rings. The Balaban J connectivity index is 1.66. The van der Waals surface area contributed by atoms with E-state index in [1.54, 1.807) is 22.8 Å². The summed E-state index contributed by atoms with van der Waals surface area (Å²) in [6.45, 7) is 2.32.